The SMILES string of the molecule is O=c1ccn(/C=C\c2nc3ccccc3[nH]c2=O)c(=S)[nH]1. The number of hydrogen-bond acceptors (Lipinski definition) is 4. The molecule has 2 N–H and O–H groups in total. The Morgan fingerprint density at radius 3 is 2.76 bits per heavy atom. The van der Waals surface area contributed by atoms with E-state index in [1.807, 2.05) is 18.2 Å². The average molecular weight is 298 g/mol. The highest BCUT2D eigenvalue weighted by Crippen LogP contribution is 2.06. The number of aromatic nitrogens is 4. The fraction of sp³-hybridized carbons (Fsp3) is 0. The Kier molecular flexibility index (Phi) is 3.33. The summed E-state index contributed by atoms with van der Waals surface area (Å²) in [6.45, 7) is 0. The monoisotopic (exact) mass is 298 g/mol. The van der Waals surface area contributed by atoms with Gasteiger partial charge < -0.3 is 9.55 Å². The van der Waals surface area contributed by atoms with Gasteiger partial charge in [-0.05, 0) is 30.4 Å². The van der Waals surface area contributed by atoms with Gasteiger partial charge in [-0.3, -0.25) is 14.6 Å². The van der Waals surface area contributed by atoms with E-state index in [0.717, 1.165) is 0 Å². The third-order valence-electron chi connectivity index (χ3n) is 2.87. The molecule has 0 aliphatic heterocycles. The van der Waals surface area contributed by atoms with Gasteiger partial charge in [0.15, 0.2) is 4.77 Å². The number of nitrogens with one attached hydrogen (secondary N) is 2. The fourth-order valence-electron chi connectivity index (χ4n) is 1.85. The molecule has 0 aliphatic carbocycles. The van der Waals surface area contributed by atoms with Gasteiger partial charge in [0.2, 0.25) is 0 Å². The lowest BCUT2D eigenvalue weighted by Crippen LogP contribution is -2.12. The van der Waals surface area contributed by atoms with Gasteiger partial charge in [-0.2, -0.15) is 0 Å². The molecular weight excluding hydrogens is 288 g/mol. The smallest absolute Gasteiger partial charge is 0.274 e. The van der Waals surface area contributed by atoms with E-state index in [2.05, 4.69) is 15.0 Å². The van der Waals surface area contributed by atoms with Crippen LogP contribution >= 0.6 is 12.2 Å². The van der Waals surface area contributed by atoms with Gasteiger partial charge in [-0.15, -0.1) is 0 Å². The summed E-state index contributed by atoms with van der Waals surface area (Å²) in [6, 6.07) is 8.62. The highest BCUT2D eigenvalue weighted by Gasteiger charge is 2.00. The predicted octanol–water partition coefficient (Wildman–Crippen LogP) is 1.77. The number of rotatable bonds is 2. The Morgan fingerprint density at radius 2 is 1.95 bits per heavy atom. The lowest BCUT2D eigenvalue weighted by molar-refractivity contribution is 0.985. The third kappa shape index (κ3) is 2.72. The Balaban J connectivity index is 2.07. The van der Waals surface area contributed by atoms with E-state index >= 15 is 0 Å². The van der Waals surface area contributed by atoms with Crippen LogP contribution in [0.15, 0.2) is 46.1 Å². The number of fused-ring (bicyclic) bond motifs is 1. The second kappa shape index (κ2) is 5.29. The van der Waals surface area contributed by atoms with Crippen molar-refractivity contribution in [2.75, 3.05) is 0 Å². The summed E-state index contributed by atoms with van der Waals surface area (Å²) < 4.78 is 1.77. The minimum atomic E-state index is -0.291. The van der Waals surface area contributed by atoms with Crippen molar-refractivity contribution in [2.24, 2.45) is 0 Å². The van der Waals surface area contributed by atoms with Crippen molar-refractivity contribution >= 4 is 35.5 Å². The van der Waals surface area contributed by atoms with Gasteiger partial charge in [-0.25, -0.2) is 4.98 Å². The molecule has 0 fully saturated rings. The molecule has 0 unspecified atom stereocenters. The molecule has 1 aromatic carbocycles. The molecule has 3 aromatic rings. The standard InChI is InChI=1S/C14H10N4O2S/c19-12-6-8-18(14(21)17-12)7-5-11-13(20)16-10-4-2-1-3-9(10)15-11/h1-8H,(H,16,20)(H,17,19,21)/b7-5-. The number of para-hydroxylation sites is 2. The van der Waals surface area contributed by atoms with Crippen LogP contribution in [0.1, 0.15) is 5.69 Å². The molecule has 104 valence electrons. The first-order chi connectivity index (χ1) is 10.1. The van der Waals surface area contributed by atoms with Gasteiger partial charge in [0.1, 0.15) is 5.69 Å². The summed E-state index contributed by atoms with van der Waals surface area (Å²) in [5, 5.41) is 0. The van der Waals surface area contributed by atoms with E-state index < -0.39 is 0 Å². The largest absolute Gasteiger partial charge is 0.319 e. The molecule has 0 saturated heterocycles. The normalized spacial score (nSPS) is 11.2. The van der Waals surface area contributed by atoms with Crippen molar-refractivity contribution in [3.05, 3.63) is 67.7 Å². The van der Waals surface area contributed by atoms with E-state index in [1.165, 1.54) is 16.8 Å². The second-order valence-electron chi connectivity index (χ2n) is 4.30. The summed E-state index contributed by atoms with van der Waals surface area (Å²) in [5.74, 6) is 0. The first-order valence-electron chi connectivity index (χ1n) is 6.12. The topological polar surface area (TPSA) is 83.5 Å². The van der Waals surface area contributed by atoms with E-state index in [9.17, 15) is 9.59 Å². The summed E-state index contributed by atoms with van der Waals surface area (Å²) in [5.41, 5.74) is 1.08. The molecule has 0 bridgehead atoms. The Bertz CT molecular complexity index is 1010. The van der Waals surface area contributed by atoms with Crippen LogP contribution in [0.4, 0.5) is 0 Å². The second-order valence-corrected chi connectivity index (χ2v) is 4.69. The lowest BCUT2D eigenvalue weighted by atomic mass is 10.3. The minimum Gasteiger partial charge on any atom is -0.319 e. The minimum absolute atomic E-state index is 0.246. The highest BCUT2D eigenvalue weighted by molar-refractivity contribution is 7.71. The molecule has 3 rings (SSSR count). The molecule has 7 heteroatoms. The molecule has 0 amide bonds. The van der Waals surface area contributed by atoms with Gasteiger partial charge >= 0.3 is 0 Å². The first kappa shape index (κ1) is 13.2. The van der Waals surface area contributed by atoms with Gasteiger partial charge in [-0.1, -0.05) is 12.1 Å². The predicted molar refractivity (Wildman–Crippen MR) is 83.5 cm³/mol. The third-order valence-corrected chi connectivity index (χ3v) is 3.18. The Morgan fingerprint density at radius 1 is 1.14 bits per heavy atom. The fourth-order valence-corrected chi connectivity index (χ4v) is 2.07. The van der Waals surface area contributed by atoms with Gasteiger partial charge in [0.05, 0.1) is 11.0 Å². The number of benzene rings is 1. The molecule has 2 aromatic heterocycles. The number of hydrogen-bond donors (Lipinski definition) is 2. The van der Waals surface area contributed by atoms with Crippen LogP contribution < -0.4 is 11.1 Å². The molecule has 0 atom stereocenters. The summed E-state index contributed by atoms with van der Waals surface area (Å²) in [6.07, 6.45) is 4.64. The molecule has 0 spiro atoms. The zero-order valence-corrected chi connectivity index (χ0v) is 11.6. The van der Waals surface area contributed by atoms with Crippen LogP contribution in [0, 0.1) is 4.77 Å². The molecule has 21 heavy (non-hydrogen) atoms. The molecule has 0 aliphatic rings. The molecule has 0 radical (unpaired) electrons. The highest BCUT2D eigenvalue weighted by atomic mass is 32.1. The van der Waals surface area contributed by atoms with Crippen molar-refractivity contribution in [1.29, 1.82) is 0 Å². The molecule has 2 heterocycles. The maximum absolute atomic E-state index is 11.9. The summed E-state index contributed by atoms with van der Waals surface area (Å²) in [4.78, 5) is 32.5. The Labute approximate surface area is 123 Å². The van der Waals surface area contributed by atoms with Crippen LogP contribution in [-0.4, -0.2) is 19.5 Å². The van der Waals surface area contributed by atoms with E-state index in [4.69, 9.17) is 12.2 Å². The van der Waals surface area contributed by atoms with Crippen molar-refractivity contribution in [3.8, 4) is 0 Å². The van der Waals surface area contributed by atoms with Crippen molar-refractivity contribution in [2.45, 2.75) is 0 Å². The first-order valence-corrected chi connectivity index (χ1v) is 6.53. The number of H-pyrrole nitrogens is 2. The molecular formula is C14H10N4O2S. The van der Waals surface area contributed by atoms with Gasteiger partial charge in [0.25, 0.3) is 11.1 Å². The zero-order chi connectivity index (χ0) is 14.8. The van der Waals surface area contributed by atoms with Crippen LogP contribution in [-0.2, 0) is 0 Å². The Hall–Kier alpha value is -2.80. The van der Waals surface area contributed by atoms with E-state index in [-0.39, 0.29) is 21.6 Å². The van der Waals surface area contributed by atoms with Crippen LogP contribution in [0.3, 0.4) is 0 Å². The van der Waals surface area contributed by atoms with E-state index in [1.54, 1.807) is 18.3 Å². The van der Waals surface area contributed by atoms with Crippen molar-refractivity contribution in [3.63, 3.8) is 0 Å². The van der Waals surface area contributed by atoms with E-state index in [0.29, 0.717) is 11.0 Å². The average Bonchev–Trinajstić information content (AvgIpc) is 2.46. The van der Waals surface area contributed by atoms with Gasteiger partial charge in [0, 0.05) is 18.5 Å². The van der Waals surface area contributed by atoms with Crippen LogP contribution in [0.25, 0.3) is 23.3 Å². The molecule has 6 nitrogen and oxygen atoms in total. The van der Waals surface area contributed by atoms with Crippen molar-refractivity contribution < 1.29 is 0 Å². The maximum atomic E-state index is 11.9. The molecule has 0 saturated carbocycles. The zero-order valence-electron chi connectivity index (χ0n) is 10.7. The quantitative estimate of drug-likeness (QED) is 0.706. The number of aromatic amines is 2. The maximum Gasteiger partial charge on any atom is 0.274 e. The van der Waals surface area contributed by atoms with Crippen LogP contribution in [0.5, 0.6) is 0 Å². The van der Waals surface area contributed by atoms with Crippen molar-refractivity contribution in [1.82, 2.24) is 19.5 Å². The lowest BCUT2D eigenvalue weighted by Gasteiger charge is -2.00. The number of nitrogens with zero attached hydrogens (tertiary/aromatic N) is 2. The summed E-state index contributed by atoms with van der Waals surface area (Å²) >= 11 is 5.01. The summed E-state index contributed by atoms with van der Waals surface area (Å²) in [7, 11) is 0. The van der Waals surface area contributed by atoms with Crippen LogP contribution in [0.2, 0.25) is 0 Å².